The largest absolute Gasteiger partial charge is 0.395 e. The third kappa shape index (κ3) is 3.54. The fourth-order valence-electron chi connectivity index (χ4n) is 1.73. The van der Waals surface area contributed by atoms with Gasteiger partial charge in [0.2, 0.25) is 0 Å². The maximum absolute atomic E-state index is 13.1. The van der Waals surface area contributed by atoms with E-state index < -0.39 is 6.10 Å². The van der Waals surface area contributed by atoms with Crippen LogP contribution in [0.3, 0.4) is 0 Å². The number of aliphatic hydroxyl groups excluding tert-OH is 2. The predicted octanol–water partition coefficient (Wildman–Crippen LogP) is 1.86. The molecule has 4 heteroatoms. The van der Waals surface area contributed by atoms with E-state index in [1.165, 1.54) is 12.1 Å². The second-order valence-electron chi connectivity index (χ2n) is 3.84. The summed E-state index contributed by atoms with van der Waals surface area (Å²) in [6.45, 7) is 6.17. The minimum atomic E-state index is -0.758. The summed E-state index contributed by atoms with van der Waals surface area (Å²) in [5.41, 5.74) is 1.23. The monoisotopic (exact) mass is 239 g/mol. The lowest BCUT2D eigenvalue weighted by atomic mass is 10.1. The van der Waals surface area contributed by atoms with Crippen molar-refractivity contribution in [3.63, 3.8) is 0 Å². The van der Waals surface area contributed by atoms with Crippen molar-refractivity contribution in [1.82, 2.24) is 0 Å². The van der Waals surface area contributed by atoms with Crippen molar-refractivity contribution in [2.24, 2.45) is 0 Å². The Balaban J connectivity index is 3.11. The fourth-order valence-corrected chi connectivity index (χ4v) is 1.73. The number of aliphatic hydroxyl groups is 2. The summed E-state index contributed by atoms with van der Waals surface area (Å²) in [5, 5.41) is 18.6. The molecular weight excluding hydrogens is 221 g/mol. The molecule has 0 saturated heterocycles. The molecule has 3 nitrogen and oxygen atoms in total. The smallest absolute Gasteiger partial charge is 0.123 e. The van der Waals surface area contributed by atoms with Crippen LogP contribution in [0.4, 0.5) is 10.1 Å². The SMILES string of the molecule is C=CCN(CCO)c1ccc(F)cc1[C@@H](C)O. The van der Waals surface area contributed by atoms with E-state index >= 15 is 0 Å². The Hall–Kier alpha value is -1.39. The molecule has 0 spiro atoms. The van der Waals surface area contributed by atoms with E-state index in [0.29, 0.717) is 18.7 Å². The number of nitrogens with zero attached hydrogens (tertiary/aromatic N) is 1. The Labute approximate surface area is 101 Å². The van der Waals surface area contributed by atoms with Crippen molar-refractivity contribution in [3.8, 4) is 0 Å². The van der Waals surface area contributed by atoms with Gasteiger partial charge in [-0.15, -0.1) is 6.58 Å². The van der Waals surface area contributed by atoms with Crippen molar-refractivity contribution in [1.29, 1.82) is 0 Å². The number of rotatable bonds is 6. The number of benzene rings is 1. The normalized spacial score (nSPS) is 12.2. The van der Waals surface area contributed by atoms with Crippen LogP contribution >= 0.6 is 0 Å². The molecule has 1 aromatic rings. The Morgan fingerprint density at radius 2 is 2.24 bits per heavy atom. The van der Waals surface area contributed by atoms with Gasteiger partial charge in [0.05, 0.1) is 12.7 Å². The van der Waals surface area contributed by atoms with E-state index in [9.17, 15) is 9.50 Å². The molecule has 0 amide bonds. The highest BCUT2D eigenvalue weighted by Gasteiger charge is 2.14. The van der Waals surface area contributed by atoms with Crippen LogP contribution in [-0.4, -0.2) is 29.9 Å². The van der Waals surface area contributed by atoms with Crippen LogP contribution in [0, 0.1) is 5.82 Å². The van der Waals surface area contributed by atoms with Crippen LogP contribution in [0.2, 0.25) is 0 Å². The molecule has 2 N–H and O–H groups in total. The molecule has 0 radical (unpaired) electrons. The second-order valence-corrected chi connectivity index (χ2v) is 3.84. The second kappa shape index (κ2) is 6.37. The van der Waals surface area contributed by atoms with Gasteiger partial charge in [-0.05, 0) is 25.1 Å². The van der Waals surface area contributed by atoms with Crippen LogP contribution in [0.1, 0.15) is 18.6 Å². The molecule has 0 aromatic heterocycles. The molecule has 1 atom stereocenters. The zero-order valence-electron chi connectivity index (χ0n) is 9.93. The maximum atomic E-state index is 13.1. The zero-order chi connectivity index (χ0) is 12.8. The Kier molecular flexibility index (Phi) is 5.12. The minimum Gasteiger partial charge on any atom is -0.395 e. The quantitative estimate of drug-likeness (QED) is 0.745. The van der Waals surface area contributed by atoms with Crippen LogP contribution in [0.5, 0.6) is 0 Å². The van der Waals surface area contributed by atoms with Gasteiger partial charge in [-0.2, -0.15) is 0 Å². The lowest BCUT2D eigenvalue weighted by molar-refractivity contribution is 0.199. The van der Waals surface area contributed by atoms with Gasteiger partial charge in [0.1, 0.15) is 5.82 Å². The minimum absolute atomic E-state index is 0.00946. The topological polar surface area (TPSA) is 43.7 Å². The highest BCUT2D eigenvalue weighted by molar-refractivity contribution is 5.55. The zero-order valence-corrected chi connectivity index (χ0v) is 9.93. The number of hydrogen-bond donors (Lipinski definition) is 2. The standard InChI is InChI=1S/C13H18FNO2/c1-3-6-15(7-8-16)13-5-4-11(14)9-12(13)10(2)17/h3-5,9-10,16-17H,1,6-8H2,2H3/t10-/m1/s1. The van der Waals surface area contributed by atoms with Crippen LogP contribution < -0.4 is 4.90 Å². The average Bonchev–Trinajstić information content (AvgIpc) is 2.28. The summed E-state index contributed by atoms with van der Waals surface area (Å²) < 4.78 is 13.1. The molecule has 0 aliphatic carbocycles. The molecule has 1 rings (SSSR count). The van der Waals surface area contributed by atoms with E-state index in [1.807, 2.05) is 4.90 Å². The molecule has 0 unspecified atom stereocenters. The van der Waals surface area contributed by atoms with Gasteiger partial charge in [0.25, 0.3) is 0 Å². The summed E-state index contributed by atoms with van der Waals surface area (Å²) in [6.07, 6.45) is 0.942. The van der Waals surface area contributed by atoms with Gasteiger partial charge in [-0.1, -0.05) is 6.08 Å². The highest BCUT2D eigenvalue weighted by atomic mass is 19.1. The molecular formula is C13H18FNO2. The summed E-state index contributed by atoms with van der Waals surface area (Å²) in [6, 6.07) is 4.26. The average molecular weight is 239 g/mol. The van der Waals surface area contributed by atoms with E-state index in [0.717, 1.165) is 5.69 Å². The van der Waals surface area contributed by atoms with E-state index in [4.69, 9.17) is 5.11 Å². The van der Waals surface area contributed by atoms with Crippen molar-refractivity contribution >= 4 is 5.69 Å². The van der Waals surface area contributed by atoms with E-state index in [1.54, 1.807) is 19.1 Å². The van der Waals surface area contributed by atoms with Gasteiger partial charge >= 0.3 is 0 Å². The summed E-state index contributed by atoms with van der Waals surface area (Å²) >= 11 is 0. The first kappa shape index (κ1) is 13.7. The van der Waals surface area contributed by atoms with E-state index in [-0.39, 0.29) is 12.4 Å². The van der Waals surface area contributed by atoms with Crippen LogP contribution in [0.15, 0.2) is 30.9 Å². The number of anilines is 1. The van der Waals surface area contributed by atoms with Gasteiger partial charge in [0, 0.05) is 24.3 Å². The summed E-state index contributed by atoms with van der Waals surface area (Å²) in [5.74, 6) is -0.382. The van der Waals surface area contributed by atoms with E-state index in [2.05, 4.69) is 6.58 Å². The maximum Gasteiger partial charge on any atom is 0.123 e. The molecule has 94 valence electrons. The lowest BCUT2D eigenvalue weighted by Gasteiger charge is -2.26. The first-order valence-electron chi connectivity index (χ1n) is 5.54. The molecule has 0 aliphatic heterocycles. The van der Waals surface area contributed by atoms with Gasteiger partial charge < -0.3 is 15.1 Å². The highest BCUT2D eigenvalue weighted by Crippen LogP contribution is 2.27. The van der Waals surface area contributed by atoms with Crippen molar-refractivity contribution < 1.29 is 14.6 Å². The Morgan fingerprint density at radius 3 is 2.76 bits per heavy atom. The third-order valence-corrected chi connectivity index (χ3v) is 2.50. The molecule has 1 aromatic carbocycles. The molecule has 0 saturated carbocycles. The van der Waals surface area contributed by atoms with Crippen molar-refractivity contribution in [2.45, 2.75) is 13.0 Å². The van der Waals surface area contributed by atoms with Crippen LogP contribution in [-0.2, 0) is 0 Å². The first-order chi connectivity index (χ1) is 8.10. The van der Waals surface area contributed by atoms with Crippen molar-refractivity contribution in [2.75, 3.05) is 24.6 Å². The molecule has 0 bridgehead atoms. The number of halogens is 1. The lowest BCUT2D eigenvalue weighted by Crippen LogP contribution is -2.28. The van der Waals surface area contributed by atoms with Crippen molar-refractivity contribution in [3.05, 3.63) is 42.2 Å². The number of hydrogen-bond acceptors (Lipinski definition) is 3. The Bertz CT molecular complexity index is 380. The Morgan fingerprint density at radius 1 is 1.53 bits per heavy atom. The van der Waals surface area contributed by atoms with Crippen LogP contribution in [0.25, 0.3) is 0 Å². The van der Waals surface area contributed by atoms with Gasteiger partial charge in [-0.25, -0.2) is 4.39 Å². The molecule has 17 heavy (non-hydrogen) atoms. The predicted molar refractivity (Wildman–Crippen MR) is 66.5 cm³/mol. The fraction of sp³-hybridized carbons (Fsp3) is 0.385. The summed E-state index contributed by atoms with van der Waals surface area (Å²) in [4.78, 5) is 1.84. The van der Waals surface area contributed by atoms with Gasteiger partial charge in [-0.3, -0.25) is 0 Å². The summed E-state index contributed by atoms with van der Waals surface area (Å²) in [7, 11) is 0. The third-order valence-electron chi connectivity index (χ3n) is 2.50. The van der Waals surface area contributed by atoms with Gasteiger partial charge in [0.15, 0.2) is 0 Å². The first-order valence-corrected chi connectivity index (χ1v) is 5.54. The molecule has 0 heterocycles. The molecule has 0 aliphatic rings. The molecule has 0 fully saturated rings.